The van der Waals surface area contributed by atoms with Crippen LogP contribution in [-0.2, 0) is 6.54 Å². The number of nitrogens with zero attached hydrogens (tertiary/aromatic N) is 1. The lowest BCUT2D eigenvalue weighted by Crippen LogP contribution is -2.42. The molecular formula is C23H24FN3O. The second-order valence-electron chi connectivity index (χ2n) is 7.38. The standard InChI is InChI=1S/C23H24FN3O/c24-21-7-3-2-6-20(21)23(28)27-18-13-11-17(12-14-18)25-15-19-10-9-16-5-1-4-8-22(16)26-19/h1-10,17-18,25H,11-15H2,(H,27,28). The average molecular weight is 377 g/mol. The lowest BCUT2D eigenvalue weighted by atomic mass is 9.91. The first-order chi connectivity index (χ1) is 13.7. The van der Waals surface area contributed by atoms with Gasteiger partial charge in [0.1, 0.15) is 5.82 Å². The summed E-state index contributed by atoms with van der Waals surface area (Å²) in [5, 5.41) is 7.70. The highest BCUT2D eigenvalue weighted by atomic mass is 19.1. The first-order valence-electron chi connectivity index (χ1n) is 9.82. The molecule has 0 atom stereocenters. The molecule has 2 aromatic carbocycles. The Morgan fingerprint density at radius 2 is 1.64 bits per heavy atom. The topological polar surface area (TPSA) is 54.0 Å². The van der Waals surface area contributed by atoms with Gasteiger partial charge in [-0.3, -0.25) is 9.78 Å². The minimum Gasteiger partial charge on any atom is -0.349 e. The van der Waals surface area contributed by atoms with E-state index in [2.05, 4.69) is 28.8 Å². The summed E-state index contributed by atoms with van der Waals surface area (Å²) in [5.74, 6) is -0.798. The van der Waals surface area contributed by atoms with Gasteiger partial charge in [-0.1, -0.05) is 36.4 Å². The highest BCUT2D eigenvalue weighted by Gasteiger charge is 2.23. The van der Waals surface area contributed by atoms with Gasteiger partial charge in [0.15, 0.2) is 0 Å². The van der Waals surface area contributed by atoms with Gasteiger partial charge in [-0.25, -0.2) is 4.39 Å². The molecule has 3 aromatic rings. The lowest BCUT2D eigenvalue weighted by molar-refractivity contribution is 0.0920. The van der Waals surface area contributed by atoms with Gasteiger partial charge in [-0.05, 0) is 49.9 Å². The van der Waals surface area contributed by atoms with E-state index in [1.165, 1.54) is 12.1 Å². The predicted octanol–water partition coefficient (Wildman–Crippen LogP) is 4.20. The van der Waals surface area contributed by atoms with E-state index in [4.69, 9.17) is 4.98 Å². The van der Waals surface area contributed by atoms with Crippen LogP contribution in [0.1, 0.15) is 41.7 Å². The molecule has 0 aliphatic heterocycles. The Bertz CT molecular complexity index is 967. The van der Waals surface area contributed by atoms with Gasteiger partial charge < -0.3 is 10.6 Å². The van der Waals surface area contributed by atoms with Crippen LogP contribution in [-0.4, -0.2) is 23.0 Å². The smallest absolute Gasteiger partial charge is 0.254 e. The van der Waals surface area contributed by atoms with E-state index in [0.717, 1.165) is 48.8 Å². The molecule has 1 amide bonds. The fourth-order valence-electron chi connectivity index (χ4n) is 3.81. The van der Waals surface area contributed by atoms with Crippen LogP contribution >= 0.6 is 0 Å². The molecule has 1 fully saturated rings. The summed E-state index contributed by atoms with van der Waals surface area (Å²) in [6, 6.07) is 18.9. The maximum absolute atomic E-state index is 13.7. The fourth-order valence-corrected chi connectivity index (χ4v) is 3.81. The van der Waals surface area contributed by atoms with E-state index in [0.29, 0.717) is 6.04 Å². The fraction of sp³-hybridized carbons (Fsp3) is 0.304. The average Bonchev–Trinajstić information content (AvgIpc) is 2.73. The van der Waals surface area contributed by atoms with E-state index in [1.807, 2.05) is 18.2 Å². The van der Waals surface area contributed by atoms with Crippen molar-refractivity contribution < 1.29 is 9.18 Å². The maximum Gasteiger partial charge on any atom is 0.254 e. The van der Waals surface area contributed by atoms with Crippen molar-refractivity contribution in [1.29, 1.82) is 0 Å². The zero-order valence-electron chi connectivity index (χ0n) is 15.7. The second kappa shape index (κ2) is 8.48. The van der Waals surface area contributed by atoms with Crippen LogP contribution < -0.4 is 10.6 Å². The van der Waals surface area contributed by atoms with Crippen LogP contribution in [0.25, 0.3) is 10.9 Å². The minimum absolute atomic E-state index is 0.101. The SMILES string of the molecule is O=C(NC1CCC(NCc2ccc3ccccc3n2)CC1)c1ccccc1F. The van der Waals surface area contributed by atoms with Gasteiger partial charge in [-0.15, -0.1) is 0 Å². The van der Waals surface area contributed by atoms with Crippen LogP contribution in [0, 0.1) is 5.82 Å². The molecule has 1 aliphatic rings. The van der Waals surface area contributed by atoms with Crippen molar-refractivity contribution in [1.82, 2.24) is 15.6 Å². The molecule has 0 spiro atoms. The molecule has 0 bridgehead atoms. The number of hydrogen-bond donors (Lipinski definition) is 2. The quantitative estimate of drug-likeness (QED) is 0.700. The third-order valence-electron chi connectivity index (χ3n) is 5.41. The van der Waals surface area contributed by atoms with E-state index in [9.17, 15) is 9.18 Å². The molecule has 4 nitrogen and oxygen atoms in total. The zero-order chi connectivity index (χ0) is 19.3. The minimum atomic E-state index is -0.474. The number of benzene rings is 2. The van der Waals surface area contributed by atoms with E-state index in [-0.39, 0.29) is 17.5 Å². The number of fused-ring (bicyclic) bond motifs is 1. The van der Waals surface area contributed by atoms with Crippen LogP contribution in [0.2, 0.25) is 0 Å². The third kappa shape index (κ3) is 4.37. The number of halogens is 1. The number of rotatable bonds is 5. The largest absolute Gasteiger partial charge is 0.349 e. The Labute approximate surface area is 164 Å². The van der Waals surface area contributed by atoms with Gasteiger partial charge in [-0.2, -0.15) is 0 Å². The third-order valence-corrected chi connectivity index (χ3v) is 5.41. The number of aromatic nitrogens is 1. The van der Waals surface area contributed by atoms with E-state index < -0.39 is 5.82 Å². The number of hydrogen-bond acceptors (Lipinski definition) is 3. The van der Waals surface area contributed by atoms with Crippen LogP contribution in [0.5, 0.6) is 0 Å². The van der Waals surface area contributed by atoms with Gasteiger partial charge in [0.05, 0.1) is 16.8 Å². The molecule has 0 unspecified atom stereocenters. The van der Waals surface area contributed by atoms with Crippen molar-refractivity contribution >= 4 is 16.8 Å². The van der Waals surface area contributed by atoms with Gasteiger partial charge >= 0.3 is 0 Å². The van der Waals surface area contributed by atoms with Gasteiger partial charge in [0.2, 0.25) is 0 Å². The molecule has 4 rings (SSSR count). The number of pyridine rings is 1. The molecule has 144 valence electrons. The molecule has 1 heterocycles. The number of amides is 1. The first kappa shape index (κ1) is 18.6. The Hall–Kier alpha value is -2.79. The summed E-state index contributed by atoms with van der Waals surface area (Å²) in [7, 11) is 0. The molecule has 1 aliphatic carbocycles. The number of carbonyl (C=O) groups excluding carboxylic acids is 1. The van der Waals surface area contributed by atoms with Crippen molar-refractivity contribution in [3.8, 4) is 0 Å². The van der Waals surface area contributed by atoms with Crippen molar-refractivity contribution in [2.45, 2.75) is 44.3 Å². The van der Waals surface area contributed by atoms with Crippen molar-refractivity contribution in [3.63, 3.8) is 0 Å². The molecular weight excluding hydrogens is 353 g/mol. The normalized spacial score (nSPS) is 19.5. The summed E-state index contributed by atoms with van der Waals surface area (Å²) in [4.78, 5) is 17.0. The Kier molecular flexibility index (Phi) is 5.63. The van der Waals surface area contributed by atoms with Crippen LogP contribution in [0.15, 0.2) is 60.7 Å². The van der Waals surface area contributed by atoms with E-state index >= 15 is 0 Å². The molecule has 5 heteroatoms. The summed E-state index contributed by atoms with van der Waals surface area (Å²) in [6.45, 7) is 0.738. The Balaban J connectivity index is 1.26. The first-order valence-corrected chi connectivity index (χ1v) is 9.82. The predicted molar refractivity (Wildman–Crippen MR) is 108 cm³/mol. The summed E-state index contributed by atoms with van der Waals surface area (Å²) >= 11 is 0. The van der Waals surface area contributed by atoms with Crippen molar-refractivity contribution in [2.24, 2.45) is 0 Å². The van der Waals surface area contributed by atoms with Gasteiger partial charge in [0, 0.05) is 24.0 Å². The van der Waals surface area contributed by atoms with Crippen LogP contribution in [0.4, 0.5) is 4.39 Å². The maximum atomic E-state index is 13.7. The number of para-hydroxylation sites is 1. The highest BCUT2D eigenvalue weighted by Crippen LogP contribution is 2.20. The molecule has 1 saturated carbocycles. The molecule has 0 saturated heterocycles. The molecule has 28 heavy (non-hydrogen) atoms. The summed E-state index contributed by atoms with van der Waals surface area (Å²) in [5.41, 5.74) is 2.17. The molecule has 2 N–H and O–H groups in total. The Morgan fingerprint density at radius 1 is 0.929 bits per heavy atom. The lowest BCUT2D eigenvalue weighted by Gasteiger charge is -2.29. The number of nitrogens with one attached hydrogen (secondary N) is 2. The summed E-state index contributed by atoms with van der Waals surface area (Å²) in [6.07, 6.45) is 3.75. The van der Waals surface area contributed by atoms with Crippen LogP contribution in [0.3, 0.4) is 0 Å². The molecule has 1 aromatic heterocycles. The van der Waals surface area contributed by atoms with Crippen molar-refractivity contribution in [3.05, 3.63) is 77.7 Å². The monoisotopic (exact) mass is 377 g/mol. The second-order valence-corrected chi connectivity index (χ2v) is 7.38. The Morgan fingerprint density at radius 3 is 2.46 bits per heavy atom. The number of carbonyl (C=O) groups is 1. The molecule has 0 radical (unpaired) electrons. The van der Waals surface area contributed by atoms with Crippen molar-refractivity contribution in [2.75, 3.05) is 0 Å². The summed E-state index contributed by atoms with van der Waals surface area (Å²) < 4.78 is 13.7. The zero-order valence-corrected chi connectivity index (χ0v) is 15.7. The van der Waals surface area contributed by atoms with Gasteiger partial charge in [0.25, 0.3) is 5.91 Å². The van der Waals surface area contributed by atoms with E-state index in [1.54, 1.807) is 12.1 Å². The highest BCUT2D eigenvalue weighted by molar-refractivity contribution is 5.94.